The Labute approximate surface area is 408 Å². The van der Waals surface area contributed by atoms with Gasteiger partial charge in [-0.1, -0.05) is 217 Å². The predicted octanol–water partition coefficient (Wildman–Crippen LogP) is 15.5. The lowest BCUT2D eigenvalue weighted by Crippen LogP contribution is -2.47. The third kappa shape index (κ3) is 47.1. The first kappa shape index (κ1) is 64.0. The third-order valence-corrected chi connectivity index (χ3v) is 13.0. The van der Waals surface area contributed by atoms with Gasteiger partial charge >= 0.3 is 5.97 Å². The number of phosphoric acid groups is 1. The minimum absolute atomic E-state index is 0.0263. The molecule has 0 heterocycles. The lowest BCUT2D eigenvalue weighted by molar-refractivity contribution is -0.870. The van der Waals surface area contributed by atoms with E-state index < -0.39 is 26.6 Å². The van der Waals surface area contributed by atoms with Crippen molar-refractivity contribution in [3.8, 4) is 0 Å². The van der Waals surface area contributed by atoms with Gasteiger partial charge in [0, 0.05) is 12.8 Å². The molecule has 1 amide bonds. The SMILES string of the molecule is CC/C=C/C/C=C/C/C=C/CCCCCCC(=O)NC(COP(=O)([O-])OCC[N+](C)(C)C)C(/C=C/CCCCCCCCCCCCC)OC(=O)CCCCCCCCCCCCCCC. The average Bonchev–Trinajstić information content (AvgIpc) is 3.27. The fourth-order valence-electron chi connectivity index (χ4n) is 7.77. The molecule has 0 saturated carbocycles. The number of hydrogen-bond donors (Lipinski definition) is 1. The van der Waals surface area contributed by atoms with Crippen LogP contribution in [0.4, 0.5) is 0 Å². The molecule has 0 radical (unpaired) electrons. The highest BCUT2D eigenvalue weighted by Crippen LogP contribution is 2.38. The van der Waals surface area contributed by atoms with Gasteiger partial charge in [0.05, 0.1) is 33.8 Å². The fourth-order valence-corrected chi connectivity index (χ4v) is 8.49. The quantitative estimate of drug-likeness (QED) is 0.0212. The van der Waals surface area contributed by atoms with E-state index in [2.05, 4.69) is 62.5 Å². The molecule has 0 aliphatic carbocycles. The lowest BCUT2D eigenvalue weighted by atomic mass is 10.0. The molecule has 66 heavy (non-hydrogen) atoms. The van der Waals surface area contributed by atoms with E-state index in [1.807, 2.05) is 33.3 Å². The number of quaternary nitrogens is 1. The standard InChI is InChI=1S/C56H105N2O7P/c1-7-10-13-16-19-22-25-28-31-33-36-39-42-45-48-55(59)57-53(52-64-66(61,62)63-51-50-58(4,5)6)54(47-44-41-38-35-32-29-26-23-20-17-14-11-8-2)65-56(60)49-46-43-40-37-34-30-27-24-21-18-15-12-9-3/h10,13,19,22,28,31,44,47,53-54H,7-9,11-12,14-18,20-21,23-27,29-30,32-43,45-46,48-52H2,1-6H3,(H-,57,59,61,62)/b13-10+,22-19+,31-28+,47-44+. The minimum Gasteiger partial charge on any atom is -0.756 e. The number of allylic oxidation sites excluding steroid dienone is 7. The van der Waals surface area contributed by atoms with Gasteiger partial charge in [-0.25, -0.2) is 0 Å². The zero-order chi connectivity index (χ0) is 48.7. The van der Waals surface area contributed by atoms with Crippen LogP contribution in [0, 0.1) is 0 Å². The molecule has 0 aromatic carbocycles. The topological polar surface area (TPSA) is 114 Å². The molecular formula is C56H105N2O7P. The summed E-state index contributed by atoms with van der Waals surface area (Å²) < 4.78 is 30.2. The van der Waals surface area contributed by atoms with Crippen molar-refractivity contribution >= 4 is 19.7 Å². The first-order valence-corrected chi connectivity index (χ1v) is 28.9. The molecule has 0 saturated heterocycles. The Balaban J connectivity index is 5.44. The largest absolute Gasteiger partial charge is 0.756 e. The summed E-state index contributed by atoms with van der Waals surface area (Å²) >= 11 is 0. The highest BCUT2D eigenvalue weighted by atomic mass is 31.2. The predicted molar refractivity (Wildman–Crippen MR) is 279 cm³/mol. The van der Waals surface area contributed by atoms with E-state index >= 15 is 0 Å². The number of unbranched alkanes of at least 4 members (excludes halogenated alkanes) is 27. The summed E-state index contributed by atoms with van der Waals surface area (Å²) in [5, 5.41) is 3.00. The molecule has 0 bridgehead atoms. The van der Waals surface area contributed by atoms with Crippen molar-refractivity contribution in [1.82, 2.24) is 5.32 Å². The van der Waals surface area contributed by atoms with Crippen LogP contribution >= 0.6 is 7.82 Å². The van der Waals surface area contributed by atoms with Crippen molar-refractivity contribution in [2.24, 2.45) is 0 Å². The van der Waals surface area contributed by atoms with Crippen LogP contribution in [0.3, 0.4) is 0 Å². The van der Waals surface area contributed by atoms with E-state index in [0.29, 0.717) is 23.9 Å². The first-order chi connectivity index (χ1) is 31.9. The maximum absolute atomic E-state index is 13.4. The maximum Gasteiger partial charge on any atom is 0.306 e. The van der Waals surface area contributed by atoms with Gasteiger partial charge in [0.25, 0.3) is 7.82 Å². The highest BCUT2D eigenvalue weighted by molar-refractivity contribution is 7.45. The second kappa shape index (κ2) is 46.7. The highest BCUT2D eigenvalue weighted by Gasteiger charge is 2.27. The van der Waals surface area contributed by atoms with Crippen LogP contribution in [0.2, 0.25) is 0 Å². The molecule has 9 nitrogen and oxygen atoms in total. The van der Waals surface area contributed by atoms with Crippen LogP contribution in [0.1, 0.15) is 245 Å². The van der Waals surface area contributed by atoms with Crippen LogP contribution in [-0.2, 0) is 27.9 Å². The molecule has 10 heteroatoms. The summed E-state index contributed by atoms with van der Waals surface area (Å²) in [6, 6.07) is -0.896. The van der Waals surface area contributed by atoms with Crippen LogP contribution in [0.15, 0.2) is 48.6 Å². The minimum atomic E-state index is -4.69. The van der Waals surface area contributed by atoms with E-state index in [0.717, 1.165) is 83.5 Å². The number of phosphoric ester groups is 1. The number of rotatable bonds is 49. The number of amides is 1. The van der Waals surface area contributed by atoms with Crippen LogP contribution in [0.5, 0.6) is 0 Å². The van der Waals surface area contributed by atoms with Crippen LogP contribution in [-0.4, -0.2) is 69.4 Å². The van der Waals surface area contributed by atoms with Crippen molar-refractivity contribution < 1.29 is 37.3 Å². The normalized spacial score (nSPS) is 14.2. The van der Waals surface area contributed by atoms with Gasteiger partial charge in [-0.05, 0) is 63.9 Å². The summed E-state index contributed by atoms with van der Waals surface area (Å²) in [5.41, 5.74) is 0. The molecular weight excluding hydrogens is 844 g/mol. The maximum atomic E-state index is 13.4. The Morgan fingerprint density at radius 1 is 0.545 bits per heavy atom. The van der Waals surface area contributed by atoms with Crippen molar-refractivity contribution in [2.45, 2.75) is 258 Å². The third-order valence-electron chi connectivity index (χ3n) is 12.0. The number of carbonyl (C=O) groups is 2. The van der Waals surface area contributed by atoms with Gasteiger partial charge in [0.2, 0.25) is 5.91 Å². The molecule has 0 spiro atoms. The average molecular weight is 949 g/mol. The molecule has 0 aromatic heterocycles. The van der Waals surface area contributed by atoms with Gasteiger partial charge in [0.15, 0.2) is 0 Å². The van der Waals surface area contributed by atoms with Gasteiger partial charge < -0.3 is 28.5 Å². The number of esters is 1. The number of hydrogen-bond acceptors (Lipinski definition) is 7. The Morgan fingerprint density at radius 2 is 0.970 bits per heavy atom. The number of nitrogens with one attached hydrogen (secondary N) is 1. The Hall–Kier alpha value is -2.03. The van der Waals surface area contributed by atoms with Crippen molar-refractivity contribution in [1.29, 1.82) is 0 Å². The Morgan fingerprint density at radius 3 is 1.45 bits per heavy atom. The smallest absolute Gasteiger partial charge is 0.306 e. The van der Waals surface area contributed by atoms with Gasteiger partial charge in [0.1, 0.15) is 19.3 Å². The molecule has 0 aromatic rings. The van der Waals surface area contributed by atoms with Gasteiger partial charge in [-0.2, -0.15) is 0 Å². The molecule has 0 aliphatic heterocycles. The number of carbonyl (C=O) groups excluding carboxylic acids is 2. The van der Waals surface area contributed by atoms with E-state index in [4.69, 9.17) is 13.8 Å². The zero-order valence-electron chi connectivity index (χ0n) is 43.9. The van der Waals surface area contributed by atoms with Gasteiger partial charge in [-0.3, -0.25) is 14.2 Å². The molecule has 386 valence electrons. The molecule has 0 rings (SSSR count). The molecule has 3 unspecified atom stereocenters. The van der Waals surface area contributed by atoms with Crippen LogP contribution < -0.4 is 10.2 Å². The molecule has 1 N–H and O–H groups in total. The van der Waals surface area contributed by atoms with Crippen LogP contribution in [0.25, 0.3) is 0 Å². The Bertz CT molecular complexity index is 1280. The molecule has 3 atom stereocenters. The van der Waals surface area contributed by atoms with Gasteiger partial charge in [-0.15, -0.1) is 0 Å². The Kier molecular flexibility index (Phi) is 45.3. The van der Waals surface area contributed by atoms with E-state index in [1.54, 1.807) is 0 Å². The first-order valence-electron chi connectivity index (χ1n) is 27.4. The van der Waals surface area contributed by atoms with Crippen molar-refractivity contribution in [3.63, 3.8) is 0 Å². The van der Waals surface area contributed by atoms with E-state index in [1.165, 1.54) is 122 Å². The second-order valence-corrected chi connectivity index (χ2v) is 21.1. The van der Waals surface area contributed by atoms with E-state index in [9.17, 15) is 19.0 Å². The summed E-state index contributed by atoms with van der Waals surface area (Å²) in [6.45, 7) is 6.71. The lowest BCUT2D eigenvalue weighted by Gasteiger charge is -2.30. The monoisotopic (exact) mass is 949 g/mol. The number of ether oxygens (including phenoxy) is 1. The fraction of sp³-hybridized carbons (Fsp3) is 0.821. The summed E-state index contributed by atoms with van der Waals surface area (Å²) in [4.78, 5) is 39.7. The zero-order valence-corrected chi connectivity index (χ0v) is 44.8. The number of likely N-dealkylation sites (N-methyl/N-ethyl adjacent to an activating group) is 1. The summed E-state index contributed by atoms with van der Waals surface area (Å²) in [5.74, 6) is -0.563. The molecule has 0 aliphatic rings. The summed E-state index contributed by atoms with van der Waals surface area (Å²) in [6.07, 6.45) is 55.0. The molecule has 0 fully saturated rings. The van der Waals surface area contributed by atoms with Crippen molar-refractivity contribution in [2.75, 3.05) is 40.9 Å². The van der Waals surface area contributed by atoms with Crippen molar-refractivity contribution in [3.05, 3.63) is 48.6 Å². The second-order valence-electron chi connectivity index (χ2n) is 19.7. The number of nitrogens with zero attached hydrogens (tertiary/aromatic N) is 1. The summed E-state index contributed by atoms with van der Waals surface area (Å²) in [7, 11) is 1.17. The van der Waals surface area contributed by atoms with E-state index in [-0.39, 0.29) is 24.9 Å².